The predicted molar refractivity (Wildman–Crippen MR) is 136 cm³/mol. The van der Waals surface area contributed by atoms with Crippen molar-refractivity contribution in [2.45, 2.75) is 19.0 Å². The third-order valence-corrected chi connectivity index (χ3v) is 5.98. The Hall–Kier alpha value is -4.31. The van der Waals surface area contributed by atoms with E-state index >= 15 is 0 Å². The second kappa shape index (κ2) is 10.7. The van der Waals surface area contributed by atoms with Crippen LogP contribution < -0.4 is 5.43 Å². The quantitative estimate of drug-likeness (QED) is 0.167. The van der Waals surface area contributed by atoms with Gasteiger partial charge in [0.25, 0.3) is 11.6 Å². The monoisotopic (exact) mass is 486 g/mol. The molecule has 0 fully saturated rings. The minimum Gasteiger partial charge on any atom is -0.272 e. The number of hydrogen-bond donors (Lipinski definition) is 1. The van der Waals surface area contributed by atoms with Crippen molar-refractivity contribution in [3.63, 3.8) is 0 Å². The number of rotatable bonds is 8. The van der Waals surface area contributed by atoms with Crippen LogP contribution in [-0.2, 0) is 4.79 Å². The molecule has 35 heavy (non-hydrogen) atoms. The van der Waals surface area contributed by atoms with E-state index in [1.165, 1.54) is 30.1 Å². The lowest BCUT2D eigenvalue weighted by Gasteiger charge is -2.11. The Morgan fingerprint density at radius 1 is 1.06 bits per heavy atom. The SMILES string of the molecule is Cc1ccc(-c2nnc(SCC(=O)N/N=C/c3cccc([N+](=O)[O-])c3)n2-c2ccc(C)cc2)cc1. The van der Waals surface area contributed by atoms with E-state index in [0.717, 1.165) is 22.4 Å². The third kappa shape index (κ3) is 5.98. The molecule has 3 aromatic carbocycles. The molecule has 4 rings (SSSR count). The largest absolute Gasteiger partial charge is 0.272 e. The fraction of sp³-hybridized carbons (Fsp3) is 0.120. The summed E-state index contributed by atoms with van der Waals surface area (Å²) >= 11 is 1.24. The van der Waals surface area contributed by atoms with Gasteiger partial charge in [-0.15, -0.1) is 10.2 Å². The Morgan fingerprint density at radius 2 is 1.74 bits per heavy atom. The standard InChI is InChI=1S/C25H22N6O3S/c1-17-6-10-20(11-7-17)24-28-29-25(30(24)21-12-8-18(2)9-13-21)35-16-23(32)27-26-15-19-4-3-5-22(14-19)31(33)34/h3-15H,16H2,1-2H3,(H,27,32)/b26-15+. The van der Waals surface area contributed by atoms with E-state index < -0.39 is 4.92 Å². The van der Waals surface area contributed by atoms with E-state index in [1.807, 2.05) is 66.9 Å². The number of amides is 1. The molecule has 4 aromatic rings. The zero-order chi connectivity index (χ0) is 24.8. The molecule has 0 unspecified atom stereocenters. The molecule has 10 heteroatoms. The maximum Gasteiger partial charge on any atom is 0.270 e. The zero-order valence-electron chi connectivity index (χ0n) is 19.1. The van der Waals surface area contributed by atoms with Gasteiger partial charge in [-0.05, 0) is 26.0 Å². The second-order valence-corrected chi connectivity index (χ2v) is 8.72. The predicted octanol–water partition coefficient (Wildman–Crippen LogP) is 4.70. The van der Waals surface area contributed by atoms with Crippen LogP contribution in [0.4, 0.5) is 5.69 Å². The summed E-state index contributed by atoms with van der Waals surface area (Å²) in [6, 6.07) is 22.0. The van der Waals surface area contributed by atoms with Crippen LogP contribution in [-0.4, -0.2) is 37.6 Å². The van der Waals surface area contributed by atoms with Crippen LogP contribution in [0.2, 0.25) is 0 Å². The first kappa shape index (κ1) is 23.8. The topological polar surface area (TPSA) is 115 Å². The number of thioether (sulfide) groups is 1. The highest BCUT2D eigenvalue weighted by Crippen LogP contribution is 2.28. The van der Waals surface area contributed by atoms with Crippen LogP contribution in [0.5, 0.6) is 0 Å². The van der Waals surface area contributed by atoms with Crippen molar-refractivity contribution in [2.75, 3.05) is 5.75 Å². The average molecular weight is 487 g/mol. The van der Waals surface area contributed by atoms with Crippen LogP contribution in [0.25, 0.3) is 17.1 Å². The van der Waals surface area contributed by atoms with Crippen LogP contribution in [0.3, 0.4) is 0 Å². The van der Waals surface area contributed by atoms with Gasteiger partial charge in [0, 0.05) is 28.9 Å². The van der Waals surface area contributed by atoms with Gasteiger partial charge in [-0.2, -0.15) is 5.10 Å². The Balaban J connectivity index is 1.49. The summed E-state index contributed by atoms with van der Waals surface area (Å²) in [5.41, 5.74) is 6.99. The molecule has 176 valence electrons. The highest BCUT2D eigenvalue weighted by molar-refractivity contribution is 7.99. The van der Waals surface area contributed by atoms with Gasteiger partial charge in [-0.25, -0.2) is 5.43 Å². The van der Waals surface area contributed by atoms with Gasteiger partial charge in [0.2, 0.25) is 0 Å². The number of carbonyl (C=O) groups excluding carboxylic acids is 1. The summed E-state index contributed by atoms with van der Waals surface area (Å²) in [4.78, 5) is 22.8. The number of non-ortho nitro benzene ring substituents is 1. The van der Waals surface area contributed by atoms with Crippen molar-refractivity contribution in [1.29, 1.82) is 0 Å². The van der Waals surface area contributed by atoms with E-state index in [1.54, 1.807) is 12.1 Å². The summed E-state index contributed by atoms with van der Waals surface area (Å²) in [6.45, 7) is 4.04. The summed E-state index contributed by atoms with van der Waals surface area (Å²) in [5, 5.41) is 24.1. The van der Waals surface area contributed by atoms with Gasteiger partial charge in [0.05, 0.1) is 16.9 Å². The lowest BCUT2D eigenvalue weighted by Crippen LogP contribution is -2.20. The van der Waals surface area contributed by atoms with Crippen molar-refractivity contribution < 1.29 is 9.72 Å². The minimum atomic E-state index is -0.485. The van der Waals surface area contributed by atoms with Crippen molar-refractivity contribution in [3.05, 3.63) is 99.6 Å². The number of nitrogens with zero attached hydrogens (tertiary/aromatic N) is 5. The maximum absolute atomic E-state index is 12.4. The Bertz CT molecular complexity index is 1380. The summed E-state index contributed by atoms with van der Waals surface area (Å²) < 4.78 is 1.93. The fourth-order valence-corrected chi connectivity index (χ4v) is 3.98. The average Bonchev–Trinajstić information content (AvgIpc) is 3.28. The van der Waals surface area contributed by atoms with Gasteiger partial charge in [0.15, 0.2) is 11.0 Å². The number of hydrogen-bond acceptors (Lipinski definition) is 7. The van der Waals surface area contributed by atoms with E-state index in [2.05, 4.69) is 20.7 Å². The van der Waals surface area contributed by atoms with E-state index in [4.69, 9.17) is 0 Å². The Labute approximate surface area is 206 Å². The molecule has 0 radical (unpaired) electrons. The zero-order valence-corrected chi connectivity index (χ0v) is 19.9. The van der Waals surface area contributed by atoms with Crippen LogP contribution in [0.15, 0.2) is 83.1 Å². The molecule has 0 atom stereocenters. The normalized spacial score (nSPS) is 11.0. The maximum atomic E-state index is 12.4. The van der Waals surface area contributed by atoms with Crippen molar-refractivity contribution >= 4 is 29.6 Å². The first-order chi connectivity index (χ1) is 16.9. The highest BCUT2D eigenvalue weighted by atomic mass is 32.2. The Morgan fingerprint density at radius 3 is 2.43 bits per heavy atom. The summed E-state index contributed by atoms with van der Waals surface area (Å²) in [6.07, 6.45) is 1.36. The fourth-order valence-electron chi connectivity index (χ4n) is 3.24. The van der Waals surface area contributed by atoms with Crippen molar-refractivity contribution in [3.8, 4) is 17.1 Å². The molecule has 1 aromatic heterocycles. The molecular formula is C25H22N6O3S. The molecule has 1 heterocycles. The molecule has 0 aliphatic rings. The summed E-state index contributed by atoms with van der Waals surface area (Å²) in [5.74, 6) is 0.400. The number of nitrogens with one attached hydrogen (secondary N) is 1. The van der Waals surface area contributed by atoms with Gasteiger partial charge < -0.3 is 0 Å². The lowest BCUT2D eigenvalue weighted by atomic mass is 10.1. The van der Waals surface area contributed by atoms with Crippen LogP contribution >= 0.6 is 11.8 Å². The highest BCUT2D eigenvalue weighted by Gasteiger charge is 2.17. The van der Waals surface area contributed by atoms with Crippen LogP contribution in [0, 0.1) is 24.0 Å². The summed E-state index contributed by atoms with van der Waals surface area (Å²) in [7, 11) is 0. The number of nitro benzene ring substituents is 1. The molecule has 0 bridgehead atoms. The number of benzene rings is 3. The smallest absolute Gasteiger partial charge is 0.270 e. The number of aromatic nitrogens is 3. The lowest BCUT2D eigenvalue weighted by molar-refractivity contribution is -0.384. The van der Waals surface area contributed by atoms with Gasteiger partial charge in [-0.1, -0.05) is 71.4 Å². The molecule has 0 saturated carbocycles. The van der Waals surface area contributed by atoms with Crippen molar-refractivity contribution in [2.24, 2.45) is 5.10 Å². The molecule has 9 nitrogen and oxygen atoms in total. The van der Waals surface area contributed by atoms with Gasteiger partial charge in [0.1, 0.15) is 0 Å². The number of nitro groups is 1. The number of carbonyl (C=O) groups is 1. The molecule has 0 saturated heterocycles. The minimum absolute atomic E-state index is 0.0457. The number of hydrazone groups is 1. The molecule has 1 N–H and O–H groups in total. The Kier molecular flexibility index (Phi) is 7.32. The van der Waals surface area contributed by atoms with E-state index in [0.29, 0.717) is 16.5 Å². The second-order valence-electron chi connectivity index (χ2n) is 7.78. The molecule has 0 spiro atoms. The molecular weight excluding hydrogens is 464 g/mol. The first-order valence-electron chi connectivity index (χ1n) is 10.7. The number of aryl methyl sites for hydroxylation is 2. The molecule has 0 aliphatic heterocycles. The van der Waals surface area contributed by atoms with Gasteiger partial charge in [-0.3, -0.25) is 19.5 Å². The molecule has 0 aliphatic carbocycles. The first-order valence-corrected chi connectivity index (χ1v) is 11.7. The van der Waals surface area contributed by atoms with E-state index in [-0.39, 0.29) is 17.3 Å². The van der Waals surface area contributed by atoms with Crippen molar-refractivity contribution in [1.82, 2.24) is 20.2 Å². The van der Waals surface area contributed by atoms with E-state index in [9.17, 15) is 14.9 Å². The third-order valence-electron chi connectivity index (χ3n) is 5.05. The van der Waals surface area contributed by atoms with Gasteiger partial charge >= 0.3 is 0 Å². The molecule has 1 amide bonds. The van der Waals surface area contributed by atoms with Crippen LogP contribution in [0.1, 0.15) is 16.7 Å².